The molecule has 0 saturated carbocycles. The van der Waals surface area contributed by atoms with Gasteiger partial charge in [-0.25, -0.2) is 0 Å². The SMILES string of the molecule is CCCCOc1ccc(CCNC(=O)c2ccc(N3CCOCC3)c([N+](=O)[O-])c2)cc1. The molecule has 0 atom stereocenters. The van der Waals surface area contributed by atoms with Gasteiger partial charge < -0.3 is 19.7 Å². The molecule has 3 rings (SSSR count). The molecule has 1 heterocycles. The average Bonchev–Trinajstić information content (AvgIpc) is 2.80. The van der Waals surface area contributed by atoms with Gasteiger partial charge in [0.15, 0.2) is 0 Å². The van der Waals surface area contributed by atoms with Crippen LogP contribution in [0.1, 0.15) is 35.7 Å². The van der Waals surface area contributed by atoms with Gasteiger partial charge in [0.25, 0.3) is 11.6 Å². The van der Waals surface area contributed by atoms with E-state index in [-0.39, 0.29) is 17.2 Å². The summed E-state index contributed by atoms with van der Waals surface area (Å²) in [6.45, 7) is 5.52. The third kappa shape index (κ3) is 6.42. The van der Waals surface area contributed by atoms with Crippen molar-refractivity contribution in [1.82, 2.24) is 5.32 Å². The standard InChI is InChI=1S/C23H29N3O5/c1-2-3-14-31-20-7-4-18(5-8-20)10-11-24-23(27)19-6-9-21(22(17-19)26(28)29)25-12-15-30-16-13-25/h4-9,17H,2-3,10-16H2,1H3,(H,24,27). The molecule has 8 heteroatoms. The third-order valence-corrected chi connectivity index (χ3v) is 5.18. The maximum Gasteiger partial charge on any atom is 0.293 e. The molecular weight excluding hydrogens is 398 g/mol. The Bertz CT molecular complexity index is 879. The van der Waals surface area contributed by atoms with Gasteiger partial charge in [-0.2, -0.15) is 0 Å². The van der Waals surface area contributed by atoms with Gasteiger partial charge in [0, 0.05) is 31.3 Å². The smallest absolute Gasteiger partial charge is 0.293 e. The van der Waals surface area contributed by atoms with Crippen LogP contribution in [0, 0.1) is 10.1 Å². The van der Waals surface area contributed by atoms with Crippen molar-refractivity contribution in [2.45, 2.75) is 26.2 Å². The minimum Gasteiger partial charge on any atom is -0.494 e. The van der Waals surface area contributed by atoms with Crippen molar-refractivity contribution >= 4 is 17.3 Å². The van der Waals surface area contributed by atoms with E-state index in [1.54, 1.807) is 12.1 Å². The molecular formula is C23H29N3O5. The zero-order valence-electron chi connectivity index (χ0n) is 17.8. The number of amides is 1. The molecule has 0 aromatic heterocycles. The van der Waals surface area contributed by atoms with Crippen molar-refractivity contribution in [3.8, 4) is 5.75 Å². The van der Waals surface area contributed by atoms with Crippen LogP contribution in [0.5, 0.6) is 5.75 Å². The molecule has 1 amide bonds. The van der Waals surface area contributed by atoms with Crippen LogP contribution < -0.4 is 15.0 Å². The maximum absolute atomic E-state index is 12.5. The van der Waals surface area contributed by atoms with E-state index < -0.39 is 4.92 Å². The molecule has 31 heavy (non-hydrogen) atoms. The van der Waals surface area contributed by atoms with Crippen molar-refractivity contribution in [1.29, 1.82) is 0 Å². The Labute approximate surface area is 182 Å². The minimum atomic E-state index is -0.439. The lowest BCUT2D eigenvalue weighted by Gasteiger charge is -2.28. The molecule has 1 aliphatic heterocycles. The zero-order chi connectivity index (χ0) is 22.1. The number of hydrogen-bond donors (Lipinski definition) is 1. The summed E-state index contributed by atoms with van der Waals surface area (Å²) < 4.78 is 11.0. The lowest BCUT2D eigenvalue weighted by molar-refractivity contribution is -0.384. The average molecular weight is 428 g/mol. The van der Waals surface area contributed by atoms with Crippen LogP contribution in [0.15, 0.2) is 42.5 Å². The summed E-state index contributed by atoms with van der Waals surface area (Å²) in [7, 11) is 0. The molecule has 0 aliphatic carbocycles. The molecule has 0 bridgehead atoms. The Kier molecular flexibility index (Phi) is 8.23. The fraction of sp³-hybridized carbons (Fsp3) is 0.435. The van der Waals surface area contributed by atoms with E-state index in [9.17, 15) is 14.9 Å². The highest BCUT2D eigenvalue weighted by molar-refractivity contribution is 5.95. The number of unbranched alkanes of at least 4 members (excludes halogenated alkanes) is 1. The first kappa shape index (κ1) is 22.6. The van der Waals surface area contributed by atoms with Crippen LogP contribution in [0.3, 0.4) is 0 Å². The number of nitro benzene ring substituents is 1. The number of hydrogen-bond acceptors (Lipinski definition) is 6. The number of anilines is 1. The van der Waals surface area contributed by atoms with Gasteiger partial charge in [-0.05, 0) is 42.7 Å². The number of morpholine rings is 1. The summed E-state index contributed by atoms with van der Waals surface area (Å²) >= 11 is 0. The summed E-state index contributed by atoms with van der Waals surface area (Å²) in [5, 5.41) is 14.4. The van der Waals surface area contributed by atoms with E-state index in [1.807, 2.05) is 29.2 Å². The van der Waals surface area contributed by atoms with Crippen molar-refractivity contribution < 1.29 is 19.2 Å². The fourth-order valence-electron chi connectivity index (χ4n) is 3.39. The minimum absolute atomic E-state index is 0.0618. The summed E-state index contributed by atoms with van der Waals surface area (Å²) in [5.74, 6) is 0.519. The van der Waals surface area contributed by atoms with Crippen LogP contribution in [-0.2, 0) is 11.2 Å². The Hall–Kier alpha value is -3.13. The molecule has 1 aliphatic rings. The highest BCUT2D eigenvalue weighted by atomic mass is 16.6. The highest BCUT2D eigenvalue weighted by Gasteiger charge is 2.23. The van der Waals surface area contributed by atoms with Gasteiger partial charge in [0.2, 0.25) is 0 Å². The Balaban J connectivity index is 1.55. The number of carbonyl (C=O) groups is 1. The van der Waals surface area contributed by atoms with Crippen molar-refractivity contribution in [3.63, 3.8) is 0 Å². The molecule has 0 radical (unpaired) electrons. The Morgan fingerprint density at radius 2 is 1.94 bits per heavy atom. The second-order valence-corrected chi connectivity index (χ2v) is 7.41. The summed E-state index contributed by atoms with van der Waals surface area (Å²) in [6.07, 6.45) is 2.78. The van der Waals surface area contributed by atoms with Gasteiger partial charge in [-0.15, -0.1) is 0 Å². The molecule has 2 aromatic rings. The Morgan fingerprint density at radius 1 is 1.19 bits per heavy atom. The summed E-state index contributed by atoms with van der Waals surface area (Å²) in [6, 6.07) is 12.5. The first-order chi connectivity index (χ1) is 15.1. The summed E-state index contributed by atoms with van der Waals surface area (Å²) in [4.78, 5) is 25.5. The molecule has 166 valence electrons. The van der Waals surface area contributed by atoms with Crippen LogP contribution in [0.2, 0.25) is 0 Å². The fourth-order valence-corrected chi connectivity index (χ4v) is 3.39. The molecule has 2 aromatic carbocycles. The van der Waals surface area contributed by atoms with E-state index >= 15 is 0 Å². The van der Waals surface area contributed by atoms with Crippen LogP contribution >= 0.6 is 0 Å². The number of benzene rings is 2. The molecule has 1 saturated heterocycles. The van der Waals surface area contributed by atoms with Gasteiger partial charge in [0.1, 0.15) is 11.4 Å². The number of carbonyl (C=O) groups excluding carboxylic acids is 1. The van der Waals surface area contributed by atoms with Crippen molar-refractivity contribution in [2.75, 3.05) is 44.4 Å². The molecule has 1 N–H and O–H groups in total. The predicted octanol–water partition coefficient (Wildman–Crippen LogP) is 3.58. The van der Waals surface area contributed by atoms with Gasteiger partial charge >= 0.3 is 0 Å². The zero-order valence-corrected chi connectivity index (χ0v) is 17.8. The van der Waals surface area contributed by atoms with E-state index in [0.29, 0.717) is 51.6 Å². The van der Waals surface area contributed by atoms with Crippen LogP contribution in [-0.4, -0.2) is 50.3 Å². The van der Waals surface area contributed by atoms with E-state index in [1.165, 1.54) is 6.07 Å². The number of rotatable bonds is 10. The second-order valence-electron chi connectivity index (χ2n) is 7.41. The first-order valence-corrected chi connectivity index (χ1v) is 10.7. The maximum atomic E-state index is 12.5. The number of nitrogens with zero attached hydrogens (tertiary/aromatic N) is 2. The highest BCUT2D eigenvalue weighted by Crippen LogP contribution is 2.30. The number of nitro groups is 1. The molecule has 0 unspecified atom stereocenters. The lowest BCUT2D eigenvalue weighted by Crippen LogP contribution is -2.36. The first-order valence-electron chi connectivity index (χ1n) is 10.7. The summed E-state index contributed by atoms with van der Waals surface area (Å²) in [5.41, 5.74) is 1.82. The monoisotopic (exact) mass is 427 g/mol. The van der Waals surface area contributed by atoms with Crippen molar-refractivity contribution in [3.05, 3.63) is 63.7 Å². The predicted molar refractivity (Wildman–Crippen MR) is 119 cm³/mol. The van der Waals surface area contributed by atoms with E-state index in [0.717, 1.165) is 24.2 Å². The lowest BCUT2D eigenvalue weighted by atomic mass is 10.1. The topological polar surface area (TPSA) is 93.9 Å². The van der Waals surface area contributed by atoms with Gasteiger partial charge in [0.05, 0.1) is 24.7 Å². The van der Waals surface area contributed by atoms with Crippen LogP contribution in [0.4, 0.5) is 11.4 Å². The quantitative estimate of drug-likeness (QED) is 0.354. The second kappa shape index (κ2) is 11.3. The van der Waals surface area contributed by atoms with Crippen molar-refractivity contribution in [2.24, 2.45) is 0 Å². The molecule has 1 fully saturated rings. The normalized spacial score (nSPS) is 13.6. The van der Waals surface area contributed by atoms with Gasteiger partial charge in [-0.1, -0.05) is 25.5 Å². The molecule has 8 nitrogen and oxygen atoms in total. The largest absolute Gasteiger partial charge is 0.494 e. The third-order valence-electron chi connectivity index (χ3n) is 5.18. The van der Waals surface area contributed by atoms with E-state index in [2.05, 4.69) is 12.2 Å². The number of ether oxygens (including phenoxy) is 2. The van der Waals surface area contributed by atoms with E-state index in [4.69, 9.17) is 9.47 Å². The number of nitrogens with one attached hydrogen (secondary N) is 1. The van der Waals surface area contributed by atoms with Crippen LogP contribution in [0.25, 0.3) is 0 Å². The molecule has 0 spiro atoms. The van der Waals surface area contributed by atoms with Gasteiger partial charge in [-0.3, -0.25) is 14.9 Å². The Morgan fingerprint density at radius 3 is 2.61 bits per heavy atom.